The second kappa shape index (κ2) is 6.73. The van der Waals surface area contributed by atoms with Gasteiger partial charge in [-0.2, -0.15) is 0 Å². The molecule has 4 saturated heterocycles. The summed E-state index contributed by atoms with van der Waals surface area (Å²) in [6.45, 7) is 9.97. The Balaban J connectivity index is 0.000000121. The number of rotatable bonds is 0. The van der Waals surface area contributed by atoms with E-state index < -0.39 is 0 Å². The van der Waals surface area contributed by atoms with Crippen molar-refractivity contribution in [3.8, 4) is 0 Å². The van der Waals surface area contributed by atoms with E-state index in [0.717, 1.165) is 0 Å². The molecule has 4 rings (SSSR count). The van der Waals surface area contributed by atoms with E-state index in [-0.39, 0.29) is 0 Å². The lowest BCUT2D eigenvalue weighted by Gasteiger charge is -2.32. The molecule has 0 aromatic rings. The fraction of sp³-hybridized carbons (Fsp3) is 1.00. The molecule has 0 saturated carbocycles. The molecule has 4 heteroatoms. The van der Waals surface area contributed by atoms with Crippen molar-refractivity contribution in [3.05, 3.63) is 0 Å². The predicted octanol–water partition coefficient (Wildman–Crippen LogP) is 0.699. The first-order valence-corrected chi connectivity index (χ1v) is 8.66. The van der Waals surface area contributed by atoms with Gasteiger partial charge in [0.1, 0.15) is 0 Å². The van der Waals surface area contributed by atoms with Crippen LogP contribution in [0.4, 0.5) is 0 Å². The first-order valence-electron chi connectivity index (χ1n) is 8.66. The third kappa shape index (κ3) is 3.53. The first-order chi connectivity index (χ1) is 9.83. The van der Waals surface area contributed by atoms with E-state index in [1.165, 1.54) is 90.9 Å². The van der Waals surface area contributed by atoms with Crippen LogP contribution in [0.3, 0.4) is 0 Å². The van der Waals surface area contributed by atoms with Gasteiger partial charge in [-0.15, -0.1) is 0 Å². The summed E-state index contributed by atoms with van der Waals surface area (Å²) in [6.07, 6.45) is 8.39. The minimum absolute atomic E-state index is 0.651. The highest BCUT2D eigenvalue weighted by Gasteiger charge is 2.35. The smallest absolute Gasteiger partial charge is 0.00205 e. The zero-order chi connectivity index (χ0) is 13.7. The fourth-order valence-corrected chi connectivity index (χ4v) is 4.37. The Kier molecular flexibility index (Phi) is 4.97. The average molecular weight is 280 g/mol. The van der Waals surface area contributed by atoms with Gasteiger partial charge in [0.05, 0.1) is 0 Å². The van der Waals surface area contributed by atoms with E-state index in [1.807, 2.05) is 0 Å². The largest absolute Gasteiger partial charge is 0.317 e. The highest BCUT2D eigenvalue weighted by molar-refractivity contribution is 4.92. The molecule has 4 fully saturated rings. The van der Waals surface area contributed by atoms with Gasteiger partial charge in [-0.3, -0.25) is 0 Å². The topological polar surface area (TPSA) is 48.1 Å². The van der Waals surface area contributed by atoms with E-state index in [2.05, 4.69) is 21.3 Å². The highest BCUT2D eigenvalue weighted by Crippen LogP contribution is 2.34. The highest BCUT2D eigenvalue weighted by atomic mass is 15.0. The third-order valence-electron chi connectivity index (χ3n) is 5.89. The zero-order valence-electron chi connectivity index (χ0n) is 12.9. The van der Waals surface area contributed by atoms with Crippen LogP contribution in [0.25, 0.3) is 0 Å². The van der Waals surface area contributed by atoms with Gasteiger partial charge in [0, 0.05) is 19.6 Å². The molecule has 0 radical (unpaired) electrons. The summed E-state index contributed by atoms with van der Waals surface area (Å²) < 4.78 is 0. The molecule has 1 atom stereocenters. The van der Waals surface area contributed by atoms with Crippen molar-refractivity contribution < 1.29 is 0 Å². The Hall–Kier alpha value is -0.160. The summed E-state index contributed by atoms with van der Waals surface area (Å²) in [5.74, 6) is 0. The van der Waals surface area contributed by atoms with Gasteiger partial charge in [-0.25, -0.2) is 0 Å². The quantitative estimate of drug-likeness (QED) is 0.528. The Labute approximate surface area is 123 Å². The van der Waals surface area contributed by atoms with Crippen molar-refractivity contribution >= 4 is 0 Å². The van der Waals surface area contributed by atoms with Crippen LogP contribution in [0.2, 0.25) is 0 Å². The van der Waals surface area contributed by atoms with Crippen molar-refractivity contribution in [2.45, 2.75) is 38.5 Å². The van der Waals surface area contributed by atoms with E-state index in [9.17, 15) is 0 Å². The van der Waals surface area contributed by atoms with Crippen LogP contribution in [-0.4, -0.2) is 52.4 Å². The van der Waals surface area contributed by atoms with Crippen molar-refractivity contribution in [1.29, 1.82) is 0 Å². The molecule has 4 N–H and O–H groups in total. The lowest BCUT2D eigenvalue weighted by atomic mass is 9.78. The molecule has 4 heterocycles. The molecule has 116 valence electrons. The van der Waals surface area contributed by atoms with Crippen molar-refractivity contribution in [2.24, 2.45) is 10.8 Å². The van der Waals surface area contributed by atoms with Crippen LogP contribution in [0, 0.1) is 10.8 Å². The van der Waals surface area contributed by atoms with E-state index in [0.29, 0.717) is 10.8 Å². The van der Waals surface area contributed by atoms with Crippen LogP contribution in [0.5, 0.6) is 0 Å². The van der Waals surface area contributed by atoms with Gasteiger partial charge in [-0.05, 0) is 82.1 Å². The summed E-state index contributed by atoms with van der Waals surface area (Å²) in [6, 6.07) is 0. The van der Waals surface area contributed by atoms with Crippen LogP contribution in [0.15, 0.2) is 0 Å². The molecule has 4 aliphatic heterocycles. The second-order valence-electron chi connectivity index (χ2n) is 7.38. The molecule has 1 unspecified atom stereocenters. The predicted molar refractivity (Wildman–Crippen MR) is 84.0 cm³/mol. The third-order valence-corrected chi connectivity index (χ3v) is 5.89. The minimum Gasteiger partial charge on any atom is -0.317 e. The van der Waals surface area contributed by atoms with Gasteiger partial charge in [-0.1, -0.05) is 0 Å². The monoisotopic (exact) mass is 280 g/mol. The summed E-state index contributed by atoms with van der Waals surface area (Å²) in [4.78, 5) is 0. The van der Waals surface area contributed by atoms with Gasteiger partial charge >= 0.3 is 0 Å². The van der Waals surface area contributed by atoms with E-state index in [4.69, 9.17) is 0 Å². The van der Waals surface area contributed by atoms with Crippen molar-refractivity contribution in [3.63, 3.8) is 0 Å². The standard InChI is InChI=1S/2C8H16N2/c1-4-9-5-2-8(1)3-6-10-7-8;1-2-8(6-9-4-1)3-5-10-7-8/h2*9-10H,1-7H2. The average Bonchev–Trinajstić information content (AvgIpc) is 3.12. The van der Waals surface area contributed by atoms with Crippen LogP contribution >= 0.6 is 0 Å². The van der Waals surface area contributed by atoms with Crippen LogP contribution in [0.1, 0.15) is 38.5 Å². The van der Waals surface area contributed by atoms with Gasteiger partial charge in [0.2, 0.25) is 0 Å². The summed E-state index contributed by atoms with van der Waals surface area (Å²) in [5, 5.41) is 13.8. The SMILES string of the molecule is C1CC2(CCN1)CCNC2.C1CNCC2(C1)CCNC2. The van der Waals surface area contributed by atoms with Gasteiger partial charge in [0.15, 0.2) is 0 Å². The first kappa shape index (κ1) is 14.8. The number of hydrogen-bond acceptors (Lipinski definition) is 4. The molecular formula is C16H32N4. The van der Waals surface area contributed by atoms with Crippen molar-refractivity contribution in [2.75, 3.05) is 52.4 Å². The second-order valence-corrected chi connectivity index (χ2v) is 7.38. The van der Waals surface area contributed by atoms with Crippen LogP contribution in [-0.2, 0) is 0 Å². The minimum atomic E-state index is 0.651. The van der Waals surface area contributed by atoms with Gasteiger partial charge in [0.25, 0.3) is 0 Å². The maximum atomic E-state index is 3.48. The Bertz CT molecular complexity index is 247. The maximum absolute atomic E-state index is 3.48. The normalized spacial score (nSPS) is 36.0. The lowest BCUT2D eigenvalue weighted by Crippen LogP contribution is -2.41. The molecular weight excluding hydrogens is 248 g/mol. The molecule has 4 aliphatic rings. The summed E-state index contributed by atoms with van der Waals surface area (Å²) >= 11 is 0. The van der Waals surface area contributed by atoms with Gasteiger partial charge < -0.3 is 21.3 Å². The number of hydrogen-bond donors (Lipinski definition) is 4. The maximum Gasteiger partial charge on any atom is 0.00205 e. The fourth-order valence-electron chi connectivity index (χ4n) is 4.37. The summed E-state index contributed by atoms with van der Waals surface area (Å²) in [7, 11) is 0. The number of nitrogens with one attached hydrogen (secondary N) is 4. The van der Waals surface area contributed by atoms with E-state index in [1.54, 1.807) is 0 Å². The molecule has 20 heavy (non-hydrogen) atoms. The molecule has 2 spiro atoms. The number of piperidine rings is 2. The molecule has 0 aromatic heterocycles. The Morgan fingerprint density at radius 3 is 1.45 bits per heavy atom. The molecule has 0 aromatic carbocycles. The lowest BCUT2D eigenvalue weighted by molar-refractivity contribution is 0.229. The summed E-state index contributed by atoms with van der Waals surface area (Å²) in [5.41, 5.74) is 1.35. The molecule has 4 nitrogen and oxygen atoms in total. The molecule has 0 amide bonds. The Morgan fingerprint density at radius 1 is 0.450 bits per heavy atom. The van der Waals surface area contributed by atoms with Crippen molar-refractivity contribution in [1.82, 2.24) is 21.3 Å². The molecule has 0 bridgehead atoms. The Morgan fingerprint density at radius 2 is 0.950 bits per heavy atom. The zero-order valence-corrected chi connectivity index (χ0v) is 12.9. The van der Waals surface area contributed by atoms with E-state index >= 15 is 0 Å². The van der Waals surface area contributed by atoms with Crippen LogP contribution < -0.4 is 21.3 Å². The molecule has 0 aliphatic carbocycles.